The van der Waals surface area contributed by atoms with Crippen molar-refractivity contribution in [1.82, 2.24) is 9.46 Å². The minimum absolute atomic E-state index is 0.00879. The van der Waals surface area contributed by atoms with Crippen molar-refractivity contribution in [3.8, 4) is 5.75 Å². The summed E-state index contributed by atoms with van der Waals surface area (Å²) >= 11 is 0. The number of sulfonamides is 1. The predicted molar refractivity (Wildman–Crippen MR) is 106 cm³/mol. The van der Waals surface area contributed by atoms with Crippen molar-refractivity contribution in [1.29, 1.82) is 0 Å². The Balaban J connectivity index is 1.76. The third-order valence-electron chi connectivity index (χ3n) is 4.61. The highest BCUT2D eigenvalue weighted by atomic mass is 32.2. The molecule has 2 aromatic rings. The lowest BCUT2D eigenvalue weighted by atomic mass is 10.2. The van der Waals surface area contributed by atoms with Gasteiger partial charge >= 0.3 is 5.97 Å². The third-order valence-corrected chi connectivity index (χ3v) is 6.53. The maximum Gasteiger partial charge on any atom is 0.338 e. The van der Waals surface area contributed by atoms with Gasteiger partial charge in [0.1, 0.15) is 16.4 Å². The standard InChI is InChI=1S/C19H23N3O7S/c1-12-10-17(21-29-12)20-18(23)13(2)28-19(24)14-6-7-15(27-3)16(11-14)30(25,26)22-8-4-5-9-22/h6-7,10-11,13H,4-5,8-9H2,1-3H3,(H,20,21,23). The van der Waals surface area contributed by atoms with Crippen LogP contribution in [0, 0.1) is 6.92 Å². The van der Waals surface area contributed by atoms with Crippen LogP contribution in [-0.4, -0.2) is 56.1 Å². The number of methoxy groups -OCH3 is 1. The molecule has 1 amide bonds. The molecule has 1 aromatic carbocycles. The summed E-state index contributed by atoms with van der Waals surface area (Å²) in [5.74, 6) is -0.598. The van der Waals surface area contributed by atoms with Gasteiger partial charge in [0.2, 0.25) is 10.0 Å². The van der Waals surface area contributed by atoms with E-state index in [-0.39, 0.29) is 22.0 Å². The van der Waals surface area contributed by atoms with E-state index in [2.05, 4.69) is 10.5 Å². The summed E-state index contributed by atoms with van der Waals surface area (Å²) in [6.07, 6.45) is 0.414. The molecule has 1 aromatic heterocycles. The molecule has 10 nitrogen and oxygen atoms in total. The van der Waals surface area contributed by atoms with Gasteiger partial charge in [-0.2, -0.15) is 4.31 Å². The molecule has 3 rings (SSSR count). The molecule has 1 saturated heterocycles. The monoisotopic (exact) mass is 437 g/mol. The van der Waals surface area contributed by atoms with Gasteiger partial charge in [0, 0.05) is 19.2 Å². The van der Waals surface area contributed by atoms with Gasteiger partial charge in [-0.25, -0.2) is 13.2 Å². The number of nitrogens with zero attached hydrogens (tertiary/aromatic N) is 2. The molecule has 0 spiro atoms. The van der Waals surface area contributed by atoms with Crippen molar-refractivity contribution in [2.45, 2.75) is 37.7 Å². The second-order valence-electron chi connectivity index (χ2n) is 6.84. The van der Waals surface area contributed by atoms with Crippen LogP contribution in [0.5, 0.6) is 5.75 Å². The molecule has 0 radical (unpaired) electrons. The lowest BCUT2D eigenvalue weighted by Gasteiger charge is -2.18. The van der Waals surface area contributed by atoms with Crippen LogP contribution in [0.4, 0.5) is 5.82 Å². The molecule has 2 heterocycles. The number of esters is 1. The number of hydrogen-bond acceptors (Lipinski definition) is 8. The Hall–Kier alpha value is -2.92. The maximum atomic E-state index is 12.9. The molecule has 1 N–H and O–H groups in total. The minimum Gasteiger partial charge on any atom is -0.495 e. The fraction of sp³-hybridized carbons (Fsp3) is 0.421. The van der Waals surface area contributed by atoms with Crippen LogP contribution in [0.25, 0.3) is 0 Å². The van der Waals surface area contributed by atoms with Gasteiger partial charge in [-0.1, -0.05) is 5.16 Å². The van der Waals surface area contributed by atoms with Crippen LogP contribution in [0.15, 0.2) is 33.7 Å². The highest BCUT2D eigenvalue weighted by Crippen LogP contribution is 2.30. The van der Waals surface area contributed by atoms with Crippen molar-refractivity contribution < 1.29 is 32.0 Å². The molecule has 1 aliphatic heterocycles. The Morgan fingerprint density at radius 3 is 2.53 bits per heavy atom. The first-order valence-corrected chi connectivity index (χ1v) is 10.8. The average Bonchev–Trinajstić information content (AvgIpc) is 3.39. The van der Waals surface area contributed by atoms with E-state index < -0.39 is 28.0 Å². The Bertz CT molecular complexity index is 1040. The Morgan fingerprint density at radius 1 is 1.23 bits per heavy atom. The molecule has 1 unspecified atom stereocenters. The smallest absolute Gasteiger partial charge is 0.338 e. The molecule has 1 atom stereocenters. The van der Waals surface area contributed by atoms with Gasteiger partial charge in [0.15, 0.2) is 11.9 Å². The summed E-state index contributed by atoms with van der Waals surface area (Å²) in [6, 6.07) is 5.50. The Kier molecular flexibility index (Phi) is 6.42. The van der Waals surface area contributed by atoms with E-state index in [4.69, 9.17) is 14.0 Å². The van der Waals surface area contributed by atoms with Crippen LogP contribution in [0.3, 0.4) is 0 Å². The second-order valence-corrected chi connectivity index (χ2v) is 8.74. The number of aromatic nitrogens is 1. The number of ether oxygens (including phenoxy) is 2. The van der Waals surface area contributed by atoms with Gasteiger partial charge in [0.25, 0.3) is 5.91 Å². The first-order valence-electron chi connectivity index (χ1n) is 9.35. The van der Waals surface area contributed by atoms with E-state index in [0.717, 1.165) is 12.8 Å². The SMILES string of the molecule is COc1ccc(C(=O)OC(C)C(=O)Nc2cc(C)on2)cc1S(=O)(=O)N1CCCC1. The van der Waals surface area contributed by atoms with Gasteiger partial charge in [-0.3, -0.25) is 4.79 Å². The van der Waals surface area contributed by atoms with Crippen LogP contribution in [-0.2, 0) is 19.6 Å². The normalized spacial score (nSPS) is 15.6. The van der Waals surface area contributed by atoms with Crippen molar-refractivity contribution in [3.05, 3.63) is 35.6 Å². The number of hydrogen-bond donors (Lipinski definition) is 1. The number of carbonyl (C=O) groups is 2. The number of amides is 1. The molecule has 11 heteroatoms. The molecular formula is C19H23N3O7S. The first kappa shape index (κ1) is 21.8. The quantitative estimate of drug-likeness (QED) is 0.651. The van der Waals surface area contributed by atoms with Crippen molar-refractivity contribution in [3.63, 3.8) is 0 Å². The van der Waals surface area contributed by atoms with E-state index in [1.807, 2.05) is 0 Å². The van der Waals surface area contributed by atoms with E-state index in [1.54, 1.807) is 6.92 Å². The van der Waals surface area contributed by atoms with Crippen molar-refractivity contribution >= 4 is 27.7 Å². The molecule has 162 valence electrons. The summed E-state index contributed by atoms with van der Waals surface area (Å²) in [7, 11) is -2.46. The molecule has 1 aliphatic rings. The zero-order chi connectivity index (χ0) is 21.9. The number of rotatable bonds is 7. The summed E-state index contributed by atoms with van der Waals surface area (Å²) in [5, 5.41) is 6.10. The summed E-state index contributed by atoms with van der Waals surface area (Å²) in [6.45, 7) is 3.90. The summed E-state index contributed by atoms with van der Waals surface area (Å²) < 4.78 is 42.5. The van der Waals surface area contributed by atoms with E-state index in [1.165, 1.54) is 42.6 Å². The fourth-order valence-corrected chi connectivity index (χ4v) is 4.71. The number of nitrogens with one attached hydrogen (secondary N) is 1. The van der Waals surface area contributed by atoms with Crippen LogP contribution < -0.4 is 10.1 Å². The van der Waals surface area contributed by atoms with Gasteiger partial charge < -0.3 is 19.3 Å². The molecule has 0 aliphatic carbocycles. The zero-order valence-corrected chi connectivity index (χ0v) is 17.7. The molecule has 0 bridgehead atoms. The molecule has 0 saturated carbocycles. The zero-order valence-electron chi connectivity index (χ0n) is 16.9. The number of aryl methyl sites for hydroxylation is 1. The molecular weight excluding hydrogens is 414 g/mol. The van der Waals surface area contributed by atoms with Crippen LogP contribution in [0.1, 0.15) is 35.9 Å². The van der Waals surface area contributed by atoms with E-state index in [9.17, 15) is 18.0 Å². The van der Waals surface area contributed by atoms with E-state index >= 15 is 0 Å². The van der Waals surface area contributed by atoms with Crippen molar-refractivity contribution in [2.75, 3.05) is 25.5 Å². The average molecular weight is 437 g/mol. The Labute approximate surface area is 174 Å². The second kappa shape index (κ2) is 8.84. The van der Waals surface area contributed by atoms with Crippen molar-refractivity contribution in [2.24, 2.45) is 0 Å². The number of carbonyl (C=O) groups excluding carboxylic acids is 2. The number of benzene rings is 1. The fourth-order valence-electron chi connectivity index (χ4n) is 3.01. The van der Waals surface area contributed by atoms with Gasteiger partial charge in [-0.15, -0.1) is 0 Å². The highest BCUT2D eigenvalue weighted by molar-refractivity contribution is 7.89. The maximum absolute atomic E-state index is 12.9. The first-order chi connectivity index (χ1) is 14.2. The minimum atomic E-state index is -3.82. The third kappa shape index (κ3) is 4.62. The largest absolute Gasteiger partial charge is 0.495 e. The summed E-state index contributed by atoms with van der Waals surface area (Å²) in [4.78, 5) is 24.6. The highest BCUT2D eigenvalue weighted by Gasteiger charge is 2.31. The lowest BCUT2D eigenvalue weighted by Crippen LogP contribution is -2.30. The van der Waals surface area contributed by atoms with Gasteiger partial charge in [-0.05, 0) is 44.9 Å². The lowest BCUT2D eigenvalue weighted by molar-refractivity contribution is -0.123. The van der Waals surface area contributed by atoms with Crippen LogP contribution >= 0.6 is 0 Å². The van der Waals surface area contributed by atoms with Gasteiger partial charge in [0.05, 0.1) is 12.7 Å². The molecule has 30 heavy (non-hydrogen) atoms. The topological polar surface area (TPSA) is 128 Å². The predicted octanol–water partition coefficient (Wildman–Crippen LogP) is 1.96. The molecule has 1 fully saturated rings. The van der Waals surface area contributed by atoms with E-state index in [0.29, 0.717) is 18.8 Å². The number of anilines is 1. The summed E-state index contributed by atoms with van der Waals surface area (Å²) in [5.41, 5.74) is -0.00879. The van der Waals surface area contributed by atoms with Crippen LogP contribution in [0.2, 0.25) is 0 Å². The Morgan fingerprint density at radius 2 is 1.93 bits per heavy atom.